The number of hydrogen-bond donors (Lipinski definition) is 2. The number of nitrogens with one attached hydrogen (secondary N) is 1. The monoisotopic (exact) mass is 494 g/mol. The Morgan fingerprint density at radius 1 is 0.600 bits per heavy atom. The van der Waals surface area contributed by atoms with Crippen LogP contribution in [0.2, 0.25) is 64.0 Å². The Hall–Kier alpha value is 0.668. The van der Waals surface area contributed by atoms with E-state index in [2.05, 4.69) is 119 Å². The van der Waals surface area contributed by atoms with Crippen LogP contribution >= 0.6 is 0 Å². The van der Waals surface area contributed by atoms with Gasteiger partial charge in [0.2, 0.25) is 8.32 Å². The molecule has 182 valence electrons. The molecule has 3 N–H and O–H groups in total. The van der Waals surface area contributed by atoms with Gasteiger partial charge in [0.05, 0.1) is 18.9 Å². The average Bonchev–Trinajstić information content (AvgIpc) is 2.41. The van der Waals surface area contributed by atoms with Crippen molar-refractivity contribution < 1.29 is 13.3 Å². The van der Waals surface area contributed by atoms with Crippen molar-refractivity contribution in [3.05, 3.63) is 0 Å². The van der Waals surface area contributed by atoms with E-state index in [0.29, 0.717) is 0 Å². The Bertz CT molecular complexity index is 594. The fourth-order valence-corrected chi connectivity index (χ4v) is 13.4. The second kappa shape index (κ2) is 8.79. The molecule has 0 saturated heterocycles. The maximum Gasteiger partial charge on any atom is 0.287 e. The van der Waals surface area contributed by atoms with Crippen LogP contribution in [0, 0.1) is 0 Å². The van der Waals surface area contributed by atoms with Crippen LogP contribution < -0.4 is 10.9 Å². The van der Waals surface area contributed by atoms with Crippen molar-refractivity contribution in [2.45, 2.75) is 135 Å². The van der Waals surface area contributed by atoms with Crippen molar-refractivity contribution in [1.82, 2.24) is 5.09 Å². The Morgan fingerprint density at radius 3 is 1.30 bits per heavy atom. The molecule has 0 aliphatic heterocycles. The van der Waals surface area contributed by atoms with E-state index in [9.17, 15) is 0 Å². The van der Waals surface area contributed by atoms with Gasteiger partial charge in [-0.2, -0.15) is 0 Å². The first kappa shape index (κ1) is 30.7. The molecule has 0 spiro atoms. The lowest BCUT2D eigenvalue weighted by Crippen LogP contribution is -2.72. The number of hydrazine groups is 1. The van der Waals surface area contributed by atoms with Crippen molar-refractivity contribution in [3.8, 4) is 0 Å². The summed E-state index contributed by atoms with van der Waals surface area (Å²) >= 11 is 0. The standard InChI is InChI=1S/C21H54N2O3Si4/c1-18(2,24-29(15,16)21(7,8)25-28(12,13)14)19(3,4)30(17,23-22)26-20(5,6)27(9,10)11/h23H,22H2,1-17H3. The molecule has 0 bridgehead atoms. The smallest absolute Gasteiger partial charge is 0.287 e. The summed E-state index contributed by atoms with van der Waals surface area (Å²) in [7, 11) is -8.16. The Balaban J connectivity index is 6.10. The van der Waals surface area contributed by atoms with E-state index < -0.39 is 38.8 Å². The van der Waals surface area contributed by atoms with Gasteiger partial charge in [-0.3, -0.25) is 10.9 Å². The number of hydrogen-bond acceptors (Lipinski definition) is 5. The van der Waals surface area contributed by atoms with E-state index in [-0.39, 0.29) is 15.5 Å². The van der Waals surface area contributed by atoms with Gasteiger partial charge in [0.1, 0.15) is 0 Å². The normalized spacial score (nSPS) is 17.8. The summed E-state index contributed by atoms with van der Waals surface area (Å²) in [5.41, 5.74) is -0.453. The van der Waals surface area contributed by atoms with E-state index in [1.165, 1.54) is 0 Å². The van der Waals surface area contributed by atoms with Crippen molar-refractivity contribution in [1.29, 1.82) is 0 Å². The fraction of sp³-hybridized carbons (Fsp3) is 1.00. The maximum atomic E-state index is 7.06. The zero-order chi connectivity index (χ0) is 24.8. The van der Waals surface area contributed by atoms with Gasteiger partial charge in [0, 0.05) is 10.3 Å². The first-order valence-electron chi connectivity index (χ1n) is 11.3. The van der Waals surface area contributed by atoms with E-state index in [1.807, 2.05) is 0 Å². The van der Waals surface area contributed by atoms with E-state index in [1.54, 1.807) is 0 Å². The van der Waals surface area contributed by atoms with E-state index in [0.717, 1.165) is 0 Å². The second-order valence-electron chi connectivity index (χ2n) is 13.5. The Labute approximate surface area is 192 Å². The molecule has 9 heteroatoms. The predicted molar refractivity (Wildman–Crippen MR) is 143 cm³/mol. The molecule has 5 nitrogen and oxygen atoms in total. The predicted octanol–water partition coefficient (Wildman–Crippen LogP) is 6.14. The Kier molecular flexibility index (Phi) is 8.99. The highest BCUT2D eigenvalue weighted by Gasteiger charge is 2.60. The molecule has 0 rings (SSSR count). The summed E-state index contributed by atoms with van der Waals surface area (Å²) in [5, 5.41) is 2.36. The highest BCUT2D eigenvalue weighted by atomic mass is 28.4. The maximum absolute atomic E-state index is 7.06. The quantitative estimate of drug-likeness (QED) is 0.205. The van der Waals surface area contributed by atoms with Crippen LogP contribution in [0.4, 0.5) is 0 Å². The zero-order valence-electron chi connectivity index (χ0n) is 23.3. The largest absolute Gasteiger partial charge is 0.413 e. The lowest BCUT2D eigenvalue weighted by Gasteiger charge is -2.57. The third-order valence-corrected chi connectivity index (χ3v) is 21.5. The summed E-state index contributed by atoms with van der Waals surface area (Å²) in [6.45, 7) is 38.2. The molecule has 0 radical (unpaired) electrons. The topological polar surface area (TPSA) is 65.7 Å². The summed E-state index contributed by atoms with van der Waals surface area (Å²) in [6, 6.07) is 0. The lowest BCUT2D eigenvalue weighted by molar-refractivity contribution is 0.0141. The molecule has 0 aliphatic rings. The van der Waals surface area contributed by atoms with Crippen LogP contribution in [0.1, 0.15) is 55.4 Å². The molecule has 1 atom stereocenters. The van der Waals surface area contributed by atoms with Gasteiger partial charge in [-0.15, -0.1) is 0 Å². The van der Waals surface area contributed by atoms with Gasteiger partial charge in [0.25, 0.3) is 8.48 Å². The van der Waals surface area contributed by atoms with Crippen LogP contribution in [0.15, 0.2) is 0 Å². The number of nitrogens with two attached hydrogens (primary N) is 1. The van der Waals surface area contributed by atoms with Gasteiger partial charge >= 0.3 is 0 Å². The van der Waals surface area contributed by atoms with Crippen molar-refractivity contribution in [3.63, 3.8) is 0 Å². The first-order chi connectivity index (χ1) is 12.7. The third-order valence-electron chi connectivity index (χ3n) is 7.76. The minimum absolute atomic E-state index is 0.207. The molecule has 0 aliphatic carbocycles. The third kappa shape index (κ3) is 6.60. The van der Waals surface area contributed by atoms with Crippen LogP contribution in [0.5, 0.6) is 0 Å². The molecule has 0 fully saturated rings. The fourth-order valence-electron chi connectivity index (χ4n) is 3.35. The molecular weight excluding hydrogens is 441 g/mol. The van der Waals surface area contributed by atoms with Gasteiger partial charge in [-0.05, 0) is 80.8 Å². The van der Waals surface area contributed by atoms with E-state index >= 15 is 0 Å². The van der Waals surface area contributed by atoms with Gasteiger partial charge in [-0.25, -0.2) is 0 Å². The molecule has 1 unspecified atom stereocenters. The molecule has 0 aromatic carbocycles. The van der Waals surface area contributed by atoms with Gasteiger partial charge in [-0.1, -0.05) is 33.5 Å². The van der Waals surface area contributed by atoms with Crippen LogP contribution in [0.3, 0.4) is 0 Å². The molecule has 30 heavy (non-hydrogen) atoms. The minimum atomic E-state index is -2.61. The zero-order valence-corrected chi connectivity index (χ0v) is 27.3. The number of rotatable bonds is 11. The van der Waals surface area contributed by atoms with Gasteiger partial charge in [0.15, 0.2) is 8.32 Å². The molecular formula is C21H54N2O3Si4. The average molecular weight is 495 g/mol. The molecule has 0 heterocycles. The van der Waals surface area contributed by atoms with Crippen molar-refractivity contribution in [2.75, 3.05) is 0 Å². The minimum Gasteiger partial charge on any atom is -0.413 e. The van der Waals surface area contributed by atoms with Crippen molar-refractivity contribution >= 4 is 33.2 Å². The summed E-state index contributed by atoms with van der Waals surface area (Å²) < 4.78 is 20.6. The van der Waals surface area contributed by atoms with Crippen molar-refractivity contribution in [2.24, 2.45) is 5.84 Å². The molecule has 0 aromatic rings. The van der Waals surface area contributed by atoms with E-state index in [4.69, 9.17) is 19.1 Å². The molecule has 0 aromatic heterocycles. The Morgan fingerprint density at radius 2 is 1.00 bits per heavy atom. The van der Waals surface area contributed by atoms with Crippen LogP contribution in [0.25, 0.3) is 0 Å². The highest BCUT2D eigenvalue weighted by molar-refractivity contribution is 6.81. The van der Waals surface area contributed by atoms with Crippen LogP contribution in [-0.4, -0.2) is 49.2 Å². The lowest BCUT2D eigenvalue weighted by atomic mass is 9.94. The summed E-state index contributed by atoms with van der Waals surface area (Å²) in [4.78, 5) is 0. The summed E-state index contributed by atoms with van der Waals surface area (Å²) in [6.07, 6.45) is 0. The van der Waals surface area contributed by atoms with Crippen LogP contribution in [-0.2, 0) is 13.3 Å². The highest BCUT2D eigenvalue weighted by Crippen LogP contribution is 2.51. The molecule has 0 amide bonds. The second-order valence-corrected chi connectivity index (χ2v) is 31.9. The van der Waals surface area contributed by atoms with Gasteiger partial charge < -0.3 is 13.3 Å². The SMILES string of the molecule is CC(C)(O[Si](C)(C)C(C)(C)O[Si](C)(C)C)C(C)(C)[Si](C)(NN)OC(C)(C)[Si](C)(C)C. The summed E-state index contributed by atoms with van der Waals surface area (Å²) in [5.74, 6) is 6.21. The molecule has 0 saturated carbocycles. The first-order valence-corrected chi connectivity index (χ1v) is 23.5.